The maximum Gasteiger partial charge on any atom is 0.269 e. The number of pyridine rings is 2. The molecular formula is C23H20F2N4O2. The maximum atomic E-state index is 14.4. The van der Waals surface area contributed by atoms with Crippen molar-refractivity contribution in [2.24, 2.45) is 0 Å². The number of halogens is 2. The van der Waals surface area contributed by atoms with Crippen LogP contribution in [0.1, 0.15) is 21.6 Å². The first-order valence-electron chi connectivity index (χ1n) is 9.68. The zero-order chi connectivity index (χ0) is 22.1. The van der Waals surface area contributed by atoms with Gasteiger partial charge in [0.1, 0.15) is 23.0 Å². The molecule has 3 aromatic heterocycles. The first-order valence-corrected chi connectivity index (χ1v) is 9.68. The van der Waals surface area contributed by atoms with Crippen LogP contribution in [0.5, 0.6) is 0 Å². The van der Waals surface area contributed by atoms with Crippen LogP contribution in [0.25, 0.3) is 33.4 Å². The lowest BCUT2D eigenvalue weighted by atomic mass is 10.0. The van der Waals surface area contributed by atoms with E-state index in [1.807, 2.05) is 13.0 Å². The van der Waals surface area contributed by atoms with Crippen molar-refractivity contribution in [2.75, 3.05) is 13.2 Å². The van der Waals surface area contributed by atoms with Gasteiger partial charge in [0.15, 0.2) is 0 Å². The van der Waals surface area contributed by atoms with Gasteiger partial charge < -0.3 is 15.4 Å². The summed E-state index contributed by atoms with van der Waals surface area (Å²) in [7, 11) is 0. The second kappa shape index (κ2) is 8.23. The van der Waals surface area contributed by atoms with Crippen LogP contribution >= 0.6 is 0 Å². The van der Waals surface area contributed by atoms with Gasteiger partial charge in [0, 0.05) is 35.5 Å². The Labute approximate surface area is 177 Å². The van der Waals surface area contributed by atoms with Crippen molar-refractivity contribution in [2.45, 2.75) is 13.8 Å². The molecule has 0 saturated heterocycles. The SMILES string of the molecule is Cc1cc(F)c(-c2cc3cc(-c4cnc(C(=O)NCCO)cc4C)cnc3[nH]2)c(F)c1. The van der Waals surface area contributed by atoms with Gasteiger partial charge in [-0.15, -0.1) is 0 Å². The van der Waals surface area contributed by atoms with Gasteiger partial charge in [-0.3, -0.25) is 9.78 Å². The molecule has 4 rings (SSSR count). The Kier molecular flexibility index (Phi) is 5.48. The number of carbonyl (C=O) groups is 1. The molecule has 0 saturated carbocycles. The summed E-state index contributed by atoms with van der Waals surface area (Å²) in [6.07, 6.45) is 3.22. The molecule has 0 bridgehead atoms. The maximum absolute atomic E-state index is 14.4. The molecule has 0 fully saturated rings. The summed E-state index contributed by atoms with van der Waals surface area (Å²) < 4.78 is 28.7. The highest BCUT2D eigenvalue weighted by Gasteiger charge is 2.16. The molecule has 0 spiro atoms. The van der Waals surface area contributed by atoms with Gasteiger partial charge >= 0.3 is 0 Å². The second-order valence-corrected chi connectivity index (χ2v) is 7.31. The number of hydrogen-bond acceptors (Lipinski definition) is 4. The molecule has 8 heteroatoms. The first kappa shape index (κ1) is 20.6. The minimum atomic E-state index is -0.639. The molecule has 3 N–H and O–H groups in total. The Balaban J connectivity index is 1.70. The summed E-state index contributed by atoms with van der Waals surface area (Å²) in [5.74, 6) is -1.64. The highest BCUT2D eigenvalue weighted by atomic mass is 19.1. The van der Waals surface area contributed by atoms with Crippen LogP contribution in [-0.4, -0.2) is 39.1 Å². The van der Waals surface area contributed by atoms with Crippen LogP contribution in [0.15, 0.2) is 42.7 Å². The van der Waals surface area contributed by atoms with Crippen LogP contribution in [-0.2, 0) is 0 Å². The summed E-state index contributed by atoms with van der Waals surface area (Å²) >= 11 is 0. The summed E-state index contributed by atoms with van der Waals surface area (Å²) in [5.41, 5.74) is 3.80. The van der Waals surface area contributed by atoms with E-state index >= 15 is 0 Å². The van der Waals surface area contributed by atoms with Crippen molar-refractivity contribution in [1.82, 2.24) is 20.3 Å². The first-order chi connectivity index (χ1) is 14.9. The van der Waals surface area contributed by atoms with E-state index in [1.54, 1.807) is 31.5 Å². The lowest BCUT2D eigenvalue weighted by molar-refractivity contribution is 0.0939. The van der Waals surface area contributed by atoms with Crippen molar-refractivity contribution in [3.8, 4) is 22.4 Å². The molecule has 1 amide bonds. The van der Waals surface area contributed by atoms with Crippen molar-refractivity contribution in [1.29, 1.82) is 0 Å². The molecule has 0 aliphatic carbocycles. The Hall–Kier alpha value is -3.65. The molecule has 0 aliphatic rings. The van der Waals surface area contributed by atoms with E-state index < -0.39 is 11.6 Å². The number of aliphatic hydroxyl groups is 1. The number of aromatic amines is 1. The largest absolute Gasteiger partial charge is 0.395 e. The summed E-state index contributed by atoms with van der Waals surface area (Å²) in [6, 6.07) is 7.74. The van der Waals surface area contributed by atoms with E-state index in [0.29, 0.717) is 22.3 Å². The zero-order valence-corrected chi connectivity index (χ0v) is 17.0. The third-order valence-corrected chi connectivity index (χ3v) is 4.98. The molecule has 1 aromatic carbocycles. The average Bonchev–Trinajstić information content (AvgIpc) is 3.13. The number of H-pyrrole nitrogens is 1. The number of nitrogens with one attached hydrogen (secondary N) is 2. The monoisotopic (exact) mass is 422 g/mol. The lowest BCUT2D eigenvalue weighted by Gasteiger charge is -2.08. The van der Waals surface area contributed by atoms with E-state index in [2.05, 4.69) is 20.3 Å². The molecule has 0 radical (unpaired) electrons. The molecule has 158 valence electrons. The summed E-state index contributed by atoms with van der Waals surface area (Å²) in [4.78, 5) is 23.6. The normalized spacial score (nSPS) is 11.1. The van der Waals surface area contributed by atoms with Gasteiger partial charge in [0.25, 0.3) is 5.91 Å². The van der Waals surface area contributed by atoms with Crippen LogP contribution in [0.4, 0.5) is 8.78 Å². The highest BCUT2D eigenvalue weighted by molar-refractivity contribution is 5.93. The predicted octanol–water partition coefficient (Wildman–Crippen LogP) is 3.91. The number of aryl methyl sites for hydroxylation is 2. The number of fused-ring (bicyclic) bond motifs is 1. The number of amides is 1. The Morgan fingerprint density at radius 3 is 2.48 bits per heavy atom. The third kappa shape index (κ3) is 4.02. The van der Waals surface area contributed by atoms with Crippen molar-refractivity contribution < 1.29 is 18.7 Å². The quantitative estimate of drug-likeness (QED) is 0.455. The smallest absolute Gasteiger partial charge is 0.269 e. The number of nitrogens with zero attached hydrogens (tertiary/aromatic N) is 2. The standard InChI is InChI=1S/C23H20F2N4O2/c1-12-5-17(24)21(18(25)6-12)19-9-14-8-15(10-28-22(14)29-19)16-11-27-20(7-13(16)2)23(31)26-3-4-30/h5-11,30H,3-4H2,1-2H3,(H,26,31)(H,28,29). The van der Waals surface area contributed by atoms with Gasteiger partial charge in [-0.2, -0.15) is 0 Å². The van der Waals surface area contributed by atoms with Crippen LogP contribution in [0.3, 0.4) is 0 Å². The van der Waals surface area contributed by atoms with E-state index in [-0.39, 0.29) is 30.3 Å². The molecule has 0 unspecified atom stereocenters. The lowest BCUT2D eigenvalue weighted by Crippen LogP contribution is -2.27. The van der Waals surface area contributed by atoms with Crippen molar-refractivity contribution in [3.05, 3.63) is 71.2 Å². The van der Waals surface area contributed by atoms with E-state index in [1.165, 1.54) is 12.1 Å². The van der Waals surface area contributed by atoms with Crippen LogP contribution in [0.2, 0.25) is 0 Å². The molecule has 31 heavy (non-hydrogen) atoms. The molecular weight excluding hydrogens is 402 g/mol. The van der Waals surface area contributed by atoms with E-state index in [9.17, 15) is 13.6 Å². The Bertz CT molecular complexity index is 1280. The Morgan fingerprint density at radius 1 is 1.06 bits per heavy atom. The second-order valence-electron chi connectivity index (χ2n) is 7.31. The fourth-order valence-electron chi connectivity index (χ4n) is 3.50. The predicted molar refractivity (Wildman–Crippen MR) is 114 cm³/mol. The van der Waals surface area contributed by atoms with E-state index in [4.69, 9.17) is 5.11 Å². The number of hydrogen-bond donors (Lipinski definition) is 3. The molecule has 4 aromatic rings. The third-order valence-electron chi connectivity index (χ3n) is 4.98. The number of benzene rings is 1. The number of aliphatic hydroxyl groups excluding tert-OH is 1. The number of rotatable bonds is 5. The number of carbonyl (C=O) groups excluding carboxylic acids is 1. The minimum Gasteiger partial charge on any atom is -0.395 e. The fourth-order valence-corrected chi connectivity index (χ4v) is 3.50. The molecule has 3 heterocycles. The summed E-state index contributed by atoms with van der Waals surface area (Å²) in [6.45, 7) is 3.49. The molecule has 6 nitrogen and oxygen atoms in total. The topological polar surface area (TPSA) is 90.9 Å². The minimum absolute atomic E-state index is 0.124. The van der Waals surface area contributed by atoms with Crippen LogP contribution < -0.4 is 5.32 Å². The molecule has 0 aliphatic heterocycles. The van der Waals surface area contributed by atoms with Gasteiger partial charge in [-0.25, -0.2) is 13.8 Å². The van der Waals surface area contributed by atoms with Crippen molar-refractivity contribution in [3.63, 3.8) is 0 Å². The van der Waals surface area contributed by atoms with Gasteiger partial charge in [0.05, 0.1) is 17.9 Å². The average molecular weight is 422 g/mol. The van der Waals surface area contributed by atoms with Gasteiger partial charge in [0.2, 0.25) is 0 Å². The zero-order valence-electron chi connectivity index (χ0n) is 17.0. The molecule has 0 atom stereocenters. The van der Waals surface area contributed by atoms with Gasteiger partial charge in [-0.1, -0.05) is 0 Å². The van der Waals surface area contributed by atoms with Crippen molar-refractivity contribution >= 4 is 16.9 Å². The Morgan fingerprint density at radius 2 is 1.81 bits per heavy atom. The highest BCUT2D eigenvalue weighted by Crippen LogP contribution is 2.31. The fraction of sp³-hybridized carbons (Fsp3) is 0.174. The van der Waals surface area contributed by atoms with Crippen LogP contribution in [0, 0.1) is 25.5 Å². The van der Waals surface area contributed by atoms with Gasteiger partial charge in [-0.05, 0) is 55.3 Å². The number of aromatic nitrogens is 3. The summed E-state index contributed by atoms with van der Waals surface area (Å²) in [5, 5.41) is 12.1. The van der Waals surface area contributed by atoms with E-state index in [0.717, 1.165) is 16.7 Å².